The summed E-state index contributed by atoms with van der Waals surface area (Å²) in [6, 6.07) is 0. The standard InChI is InChI=1S/C22H39N3O2/c1-3-4-5-6-7-8-9-10-11-12-13-14-15-16-21-24-17-18-25(21,20(2)23)19-22(26)27/h9-10,17-18,20H,3-8,11-16,19,23H2,1-2H3/p+1/b10-9+. The monoisotopic (exact) mass is 378 g/mol. The van der Waals surface area contributed by atoms with E-state index >= 15 is 0 Å². The Kier molecular flexibility index (Phi) is 11.9. The SMILES string of the molecule is CCCCCCC/C=C/CCCCCCC1=NC=C[N+]1(CC(=O)O)C(C)N. The summed E-state index contributed by atoms with van der Waals surface area (Å²) in [5, 5.41) is 9.22. The van der Waals surface area contributed by atoms with Crippen LogP contribution >= 0.6 is 0 Å². The lowest BCUT2D eigenvalue weighted by Crippen LogP contribution is -2.59. The molecular weight excluding hydrogens is 338 g/mol. The minimum absolute atomic E-state index is 0.0315. The molecule has 0 amide bonds. The van der Waals surface area contributed by atoms with Crippen molar-refractivity contribution in [3.05, 3.63) is 24.6 Å². The maximum atomic E-state index is 11.2. The minimum Gasteiger partial charge on any atom is -0.477 e. The number of amidine groups is 1. The van der Waals surface area contributed by atoms with Gasteiger partial charge in [-0.2, -0.15) is 0 Å². The smallest absolute Gasteiger partial charge is 0.360 e. The second kappa shape index (κ2) is 13.7. The molecule has 0 aliphatic carbocycles. The normalized spacial score (nSPS) is 20.3. The number of allylic oxidation sites excluding steroid dienone is 2. The fraction of sp³-hybridized carbons (Fsp3) is 0.727. The van der Waals surface area contributed by atoms with Crippen LogP contribution in [0.15, 0.2) is 29.5 Å². The molecule has 0 radical (unpaired) electrons. The Morgan fingerprint density at radius 2 is 1.70 bits per heavy atom. The van der Waals surface area contributed by atoms with Crippen LogP contribution in [0.25, 0.3) is 0 Å². The summed E-state index contributed by atoms with van der Waals surface area (Å²) in [6.07, 6.45) is 22.4. The van der Waals surface area contributed by atoms with Gasteiger partial charge in [0.05, 0.1) is 6.20 Å². The van der Waals surface area contributed by atoms with Gasteiger partial charge >= 0.3 is 5.97 Å². The van der Waals surface area contributed by atoms with Gasteiger partial charge in [0.1, 0.15) is 12.4 Å². The molecule has 1 aliphatic rings. The van der Waals surface area contributed by atoms with Crippen LogP contribution in [0.1, 0.15) is 90.9 Å². The Hall–Kier alpha value is -1.46. The quantitative estimate of drug-likeness (QED) is 0.216. The maximum absolute atomic E-state index is 11.2. The van der Waals surface area contributed by atoms with Crippen LogP contribution in [0.4, 0.5) is 0 Å². The van der Waals surface area contributed by atoms with Crippen LogP contribution in [0.5, 0.6) is 0 Å². The van der Waals surface area contributed by atoms with Gasteiger partial charge in [0.25, 0.3) is 0 Å². The van der Waals surface area contributed by atoms with Gasteiger partial charge in [0.15, 0.2) is 6.54 Å². The summed E-state index contributed by atoms with van der Waals surface area (Å²) in [7, 11) is 0. The molecule has 0 fully saturated rings. The molecule has 0 aromatic rings. The first-order valence-electron chi connectivity index (χ1n) is 10.8. The summed E-state index contributed by atoms with van der Waals surface area (Å²) in [5.74, 6) is 0.0408. The minimum atomic E-state index is -0.844. The summed E-state index contributed by atoms with van der Waals surface area (Å²) >= 11 is 0. The molecule has 154 valence electrons. The second-order valence-electron chi connectivity index (χ2n) is 7.69. The number of carboxylic acids is 1. The highest BCUT2D eigenvalue weighted by molar-refractivity contribution is 5.81. The van der Waals surface area contributed by atoms with Crippen molar-refractivity contribution in [2.45, 2.75) is 97.1 Å². The maximum Gasteiger partial charge on any atom is 0.360 e. The van der Waals surface area contributed by atoms with Crippen molar-refractivity contribution in [3.8, 4) is 0 Å². The molecule has 5 heteroatoms. The molecule has 5 nitrogen and oxygen atoms in total. The molecule has 27 heavy (non-hydrogen) atoms. The van der Waals surface area contributed by atoms with Crippen LogP contribution in [0, 0.1) is 0 Å². The van der Waals surface area contributed by atoms with Gasteiger partial charge in [-0.15, -0.1) is 0 Å². The van der Waals surface area contributed by atoms with E-state index in [2.05, 4.69) is 24.1 Å². The van der Waals surface area contributed by atoms with E-state index < -0.39 is 5.97 Å². The number of unbranched alkanes of at least 4 members (excludes halogenated alkanes) is 9. The second-order valence-corrected chi connectivity index (χ2v) is 7.69. The van der Waals surface area contributed by atoms with Crippen LogP contribution in [-0.2, 0) is 4.79 Å². The molecule has 0 aromatic heterocycles. The van der Waals surface area contributed by atoms with E-state index in [1.807, 2.05) is 13.1 Å². The van der Waals surface area contributed by atoms with E-state index in [0.29, 0.717) is 0 Å². The van der Waals surface area contributed by atoms with Crippen LogP contribution < -0.4 is 5.73 Å². The Balaban J connectivity index is 2.13. The number of hydrogen-bond acceptors (Lipinski definition) is 3. The van der Waals surface area contributed by atoms with Gasteiger partial charge in [0, 0.05) is 13.3 Å². The summed E-state index contributed by atoms with van der Waals surface area (Å²) in [5.41, 5.74) is 6.08. The fourth-order valence-electron chi connectivity index (χ4n) is 3.59. The van der Waals surface area contributed by atoms with Crippen molar-refractivity contribution in [1.82, 2.24) is 0 Å². The first-order valence-corrected chi connectivity index (χ1v) is 10.8. The molecule has 1 aliphatic heterocycles. The number of hydrogen-bond donors (Lipinski definition) is 2. The lowest BCUT2D eigenvalue weighted by Gasteiger charge is -2.34. The van der Waals surface area contributed by atoms with E-state index in [1.165, 1.54) is 51.4 Å². The number of rotatable bonds is 16. The zero-order chi connectivity index (χ0) is 20.0. The Morgan fingerprint density at radius 3 is 2.26 bits per heavy atom. The predicted octanol–water partition coefficient (Wildman–Crippen LogP) is 5.33. The van der Waals surface area contributed by atoms with E-state index in [1.54, 1.807) is 6.20 Å². The lowest BCUT2D eigenvalue weighted by atomic mass is 10.1. The Morgan fingerprint density at radius 1 is 1.11 bits per heavy atom. The van der Waals surface area contributed by atoms with Gasteiger partial charge in [0.2, 0.25) is 5.84 Å². The highest BCUT2D eigenvalue weighted by atomic mass is 16.4. The molecule has 2 unspecified atom stereocenters. The average molecular weight is 379 g/mol. The van der Waals surface area contributed by atoms with Gasteiger partial charge in [-0.3, -0.25) is 5.73 Å². The first kappa shape index (κ1) is 23.6. The third-order valence-corrected chi connectivity index (χ3v) is 5.32. The first-order chi connectivity index (χ1) is 13.0. The molecule has 0 aromatic carbocycles. The largest absolute Gasteiger partial charge is 0.477 e. The number of aliphatic carboxylic acids is 1. The van der Waals surface area contributed by atoms with Crippen molar-refractivity contribution in [2.75, 3.05) is 6.54 Å². The molecule has 0 bridgehead atoms. The van der Waals surface area contributed by atoms with Crippen molar-refractivity contribution in [3.63, 3.8) is 0 Å². The highest BCUT2D eigenvalue weighted by Gasteiger charge is 2.40. The summed E-state index contributed by atoms with van der Waals surface area (Å²) in [4.78, 5) is 15.6. The molecule has 3 N–H and O–H groups in total. The van der Waals surface area contributed by atoms with Gasteiger partial charge < -0.3 is 5.11 Å². The van der Waals surface area contributed by atoms with Gasteiger partial charge in [-0.1, -0.05) is 57.6 Å². The van der Waals surface area contributed by atoms with Crippen molar-refractivity contribution in [1.29, 1.82) is 0 Å². The lowest BCUT2D eigenvalue weighted by molar-refractivity contribution is -0.805. The number of carboxylic acid groups (broad SMARTS) is 1. The van der Waals surface area contributed by atoms with Crippen LogP contribution in [0.2, 0.25) is 0 Å². The number of quaternary nitrogens is 1. The number of nitrogens with two attached hydrogens (primary N) is 1. The predicted molar refractivity (Wildman–Crippen MR) is 113 cm³/mol. The molecule has 0 saturated heterocycles. The topological polar surface area (TPSA) is 75.7 Å². The Bertz CT molecular complexity index is 512. The molecular formula is C22H40N3O2+. The van der Waals surface area contributed by atoms with Gasteiger partial charge in [-0.25, -0.2) is 14.3 Å². The third kappa shape index (κ3) is 8.85. The zero-order valence-corrected chi connectivity index (χ0v) is 17.4. The van der Waals surface area contributed by atoms with Crippen LogP contribution in [0.3, 0.4) is 0 Å². The fourth-order valence-corrected chi connectivity index (χ4v) is 3.59. The van der Waals surface area contributed by atoms with Crippen molar-refractivity contribution in [2.24, 2.45) is 10.7 Å². The Labute approximate surface area is 165 Å². The molecule has 2 atom stereocenters. The van der Waals surface area contributed by atoms with E-state index in [4.69, 9.17) is 5.73 Å². The summed E-state index contributed by atoms with van der Waals surface area (Å²) in [6.45, 7) is 4.07. The van der Waals surface area contributed by atoms with Crippen molar-refractivity contribution >= 4 is 11.8 Å². The molecule has 1 heterocycles. The summed E-state index contributed by atoms with van der Waals surface area (Å²) < 4.78 is 0.163. The number of carbonyl (C=O) groups is 1. The highest BCUT2D eigenvalue weighted by Crippen LogP contribution is 2.23. The van der Waals surface area contributed by atoms with E-state index in [-0.39, 0.29) is 17.2 Å². The van der Waals surface area contributed by atoms with Crippen LogP contribution in [-0.4, -0.2) is 34.1 Å². The number of aliphatic imine (C=N–C) groups is 1. The van der Waals surface area contributed by atoms with E-state index in [0.717, 1.165) is 31.5 Å². The average Bonchev–Trinajstić information content (AvgIpc) is 3.02. The molecule has 0 spiro atoms. The zero-order valence-electron chi connectivity index (χ0n) is 17.4. The van der Waals surface area contributed by atoms with Gasteiger partial charge in [-0.05, 0) is 32.1 Å². The van der Waals surface area contributed by atoms with Crippen molar-refractivity contribution < 1.29 is 14.4 Å². The molecule has 1 rings (SSSR count). The van der Waals surface area contributed by atoms with E-state index in [9.17, 15) is 9.90 Å². The third-order valence-electron chi connectivity index (χ3n) is 5.32. The molecule has 0 saturated carbocycles. The number of nitrogens with zero attached hydrogens (tertiary/aromatic N) is 2.